The normalized spacial score (nSPS) is 13.4. The Balaban J connectivity index is 1.76. The van der Waals surface area contributed by atoms with Crippen molar-refractivity contribution in [2.75, 3.05) is 6.54 Å². The molecule has 0 saturated heterocycles. The van der Waals surface area contributed by atoms with Crippen LogP contribution in [0.1, 0.15) is 5.82 Å². The average molecular weight is 283 g/mol. The Bertz CT molecular complexity index is 774. The van der Waals surface area contributed by atoms with Crippen LogP contribution in [0.3, 0.4) is 0 Å². The highest BCUT2D eigenvalue weighted by Gasteiger charge is 2.17. The molecule has 0 N–H and O–H groups in total. The first kappa shape index (κ1) is 11.4. The van der Waals surface area contributed by atoms with Crippen molar-refractivity contribution in [3.8, 4) is 22.2 Å². The highest BCUT2D eigenvalue weighted by Crippen LogP contribution is 2.26. The highest BCUT2D eigenvalue weighted by atomic mass is 32.1. The van der Waals surface area contributed by atoms with Crippen molar-refractivity contribution in [3.63, 3.8) is 0 Å². The fourth-order valence-electron chi connectivity index (χ4n) is 2.03. The highest BCUT2D eigenvalue weighted by molar-refractivity contribution is 7.13. The predicted molar refractivity (Wildman–Crippen MR) is 74.6 cm³/mol. The minimum atomic E-state index is 0.749. The number of hydrogen-bond acceptors (Lipinski definition) is 7. The summed E-state index contributed by atoms with van der Waals surface area (Å²) in [5, 5.41) is 11.1. The molecule has 0 amide bonds. The fourth-order valence-corrected chi connectivity index (χ4v) is 2.79. The van der Waals surface area contributed by atoms with E-state index < -0.39 is 0 Å². The molecular weight excluding hydrogens is 274 g/mol. The molecule has 0 aliphatic carbocycles. The van der Waals surface area contributed by atoms with Gasteiger partial charge in [-0.1, -0.05) is 0 Å². The lowest BCUT2D eigenvalue weighted by Crippen LogP contribution is -2.12. The Labute approximate surface area is 118 Å². The van der Waals surface area contributed by atoms with Gasteiger partial charge >= 0.3 is 0 Å². The number of aliphatic imine (C=N–C) groups is 1. The number of hydrogen-bond donors (Lipinski definition) is 0. The fraction of sp³-hybridized carbons (Fsp3) is 0.167. The first-order chi connectivity index (χ1) is 9.92. The van der Waals surface area contributed by atoms with E-state index in [2.05, 4.69) is 30.1 Å². The van der Waals surface area contributed by atoms with Crippen LogP contribution in [-0.2, 0) is 6.54 Å². The SMILES string of the molecule is C1=NCCn2c1nnc2-c1csc(-c2cnccn2)n1. The first-order valence-electron chi connectivity index (χ1n) is 6.07. The number of thiazole rings is 1. The van der Waals surface area contributed by atoms with Crippen LogP contribution in [0.4, 0.5) is 0 Å². The van der Waals surface area contributed by atoms with E-state index in [9.17, 15) is 0 Å². The Morgan fingerprint density at radius 3 is 3.05 bits per heavy atom. The van der Waals surface area contributed by atoms with Crippen molar-refractivity contribution in [2.45, 2.75) is 6.54 Å². The van der Waals surface area contributed by atoms with Crippen molar-refractivity contribution >= 4 is 17.6 Å². The van der Waals surface area contributed by atoms with Crippen molar-refractivity contribution in [1.29, 1.82) is 0 Å². The van der Waals surface area contributed by atoms with Crippen molar-refractivity contribution < 1.29 is 0 Å². The van der Waals surface area contributed by atoms with Gasteiger partial charge in [0.05, 0.1) is 19.0 Å². The van der Waals surface area contributed by atoms with Crippen LogP contribution < -0.4 is 0 Å². The molecule has 1 aliphatic heterocycles. The van der Waals surface area contributed by atoms with Crippen LogP contribution in [0.5, 0.6) is 0 Å². The lowest BCUT2D eigenvalue weighted by Gasteiger charge is -2.08. The summed E-state index contributed by atoms with van der Waals surface area (Å²) in [7, 11) is 0. The molecule has 0 radical (unpaired) electrons. The molecule has 3 aromatic heterocycles. The Hall–Kier alpha value is -2.48. The average Bonchev–Trinajstić information content (AvgIpc) is 3.14. The standard InChI is InChI=1S/C12H9N7S/c1-2-15-8(5-13-1)12-16-9(7-20-12)11-18-17-10-6-14-3-4-19(10)11/h1-2,5-7H,3-4H2. The third kappa shape index (κ3) is 1.81. The summed E-state index contributed by atoms with van der Waals surface area (Å²) in [6.45, 7) is 1.53. The monoisotopic (exact) mass is 283 g/mol. The van der Waals surface area contributed by atoms with Crippen LogP contribution >= 0.6 is 11.3 Å². The number of nitrogens with zero attached hydrogens (tertiary/aromatic N) is 7. The topological polar surface area (TPSA) is 81.7 Å². The summed E-state index contributed by atoms with van der Waals surface area (Å²) < 4.78 is 2.03. The van der Waals surface area contributed by atoms with Gasteiger partial charge in [-0.25, -0.2) is 4.98 Å². The molecule has 0 aromatic carbocycles. The molecule has 0 saturated carbocycles. The predicted octanol–water partition coefficient (Wildman–Crippen LogP) is 1.29. The van der Waals surface area contributed by atoms with E-state index in [0.29, 0.717) is 0 Å². The van der Waals surface area contributed by atoms with Crippen molar-refractivity contribution in [3.05, 3.63) is 29.8 Å². The summed E-state index contributed by atoms with van der Waals surface area (Å²) in [5.74, 6) is 1.55. The number of rotatable bonds is 2. The molecule has 3 aromatic rings. The Kier molecular flexibility index (Phi) is 2.59. The zero-order chi connectivity index (χ0) is 13.4. The molecule has 0 atom stereocenters. The van der Waals surface area contributed by atoms with E-state index in [-0.39, 0.29) is 0 Å². The lowest BCUT2D eigenvalue weighted by molar-refractivity contribution is 0.691. The largest absolute Gasteiger partial charge is 0.303 e. The molecule has 7 nitrogen and oxygen atoms in total. The van der Waals surface area contributed by atoms with Crippen LogP contribution in [0, 0.1) is 0 Å². The Morgan fingerprint density at radius 1 is 1.15 bits per heavy atom. The Morgan fingerprint density at radius 2 is 2.15 bits per heavy atom. The maximum absolute atomic E-state index is 4.58. The smallest absolute Gasteiger partial charge is 0.183 e. The summed E-state index contributed by atoms with van der Waals surface area (Å²) >= 11 is 1.52. The van der Waals surface area contributed by atoms with E-state index >= 15 is 0 Å². The summed E-state index contributed by atoms with van der Waals surface area (Å²) in [6.07, 6.45) is 6.75. The van der Waals surface area contributed by atoms with Gasteiger partial charge in [0, 0.05) is 24.3 Å². The molecule has 0 spiro atoms. The van der Waals surface area contributed by atoms with Gasteiger partial charge in [-0.05, 0) is 0 Å². The maximum Gasteiger partial charge on any atom is 0.183 e. The zero-order valence-corrected chi connectivity index (χ0v) is 11.2. The summed E-state index contributed by atoms with van der Waals surface area (Å²) in [4.78, 5) is 17.1. The van der Waals surface area contributed by atoms with Crippen LogP contribution in [-0.4, -0.2) is 42.5 Å². The zero-order valence-electron chi connectivity index (χ0n) is 10.3. The van der Waals surface area contributed by atoms with Gasteiger partial charge in [0.2, 0.25) is 0 Å². The molecule has 0 fully saturated rings. The second-order valence-electron chi connectivity index (χ2n) is 4.20. The van der Waals surface area contributed by atoms with Gasteiger partial charge in [-0.3, -0.25) is 15.0 Å². The van der Waals surface area contributed by atoms with Crippen LogP contribution in [0.15, 0.2) is 29.0 Å². The molecule has 0 unspecified atom stereocenters. The third-order valence-corrected chi connectivity index (χ3v) is 3.82. The van der Waals surface area contributed by atoms with Gasteiger partial charge in [-0.15, -0.1) is 21.5 Å². The maximum atomic E-state index is 4.58. The van der Waals surface area contributed by atoms with Gasteiger partial charge in [0.1, 0.15) is 16.4 Å². The second kappa shape index (κ2) is 4.57. The molecule has 20 heavy (non-hydrogen) atoms. The molecule has 8 heteroatoms. The van der Waals surface area contributed by atoms with E-state index in [0.717, 1.165) is 41.1 Å². The number of fused-ring (bicyclic) bond motifs is 1. The van der Waals surface area contributed by atoms with Crippen molar-refractivity contribution in [1.82, 2.24) is 29.7 Å². The molecule has 1 aliphatic rings. The minimum absolute atomic E-state index is 0.749. The summed E-state index contributed by atoms with van der Waals surface area (Å²) in [6, 6.07) is 0. The minimum Gasteiger partial charge on any atom is -0.303 e. The molecule has 0 bridgehead atoms. The van der Waals surface area contributed by atoms with E-state index in [4.69, 9.17) is 0 Å². The molecule has 98 valence electrons. The van der Waals surface area contributed by atoms with E-state index in [1.54, 1.807) is 24.8 Å². The second-order valence-corrected chi connectivity index (χ2v) is 5.06. The first-order valence-corrected chi connectivity index (χ1v) is 6.95. The molecular formula is C12H9N7S. The van der Waals surface area contributed by atoms with E-state index in [1.807, 2.05) is 9.95 Å². The van der Waals surface area contributed by atoms with Crippen molar-refractivity contribution in [2.24, 2.45) is 4.99 Å². The quantitative estimate of drug-likeness (QED) is 0.708. The van der Waals surface area contributed by atoms with Crippen LogP contribution in [0.2, 0.25) is 0 Å². The van der Waals surface area contributed by atoms with Crippen LogP contribution in [0.25, 0.3) is 22.2 Å². The third-order valence-electron chi connectivity index (χ3n) is 2.95. The summed E-state index contributed by atoms with van der Waals surface area (Å²) in [5.41, 5.74) is 1.58. The van der Waals surface area contributed by atoms with Gasteiger partial charge in [0.25, 0.3) is 0 Å². The number of aromatic nitrogens is 6. The lowest BCUT2D eigenvalue weighted by atomic mass is 10.4. The van der Waals surface area contributed by atoms with E-state index in [1.165, 1.54) is 11.3 Å². The molecule has 4 rings (SSSR count). The molecule has 4 heterocycles. The van der Waals surface area contributed by atoms with Gasteiger partial charge < -0.3 is 4.57 Å². The van der Waals surface area contributed by atoms with Gasteiger partial charge in [0.15, 0.2) is 11.6 Å². The van der Waals surface area contributed by atoms with Gasteiger partial charge in [-0.2, -0.15) is 0 Å².